The Hall–Kier alpha value is -2.98. The van der Waals surface area contributed by atoms with Crippen molar-refractivity contribution in [2.45, 2.75) is 11.8 Å². The Balaban J connectivity index is 1.68. The van der Waals surface area contributed by atoms with Crippen LogP contribution < -0.4 is 4.74 Å². The molecule has 0 saturated carbocycles. The van der Waals surface area contributed by atoms with Crippen molar-refractivity contribution >= 4 is 21.6 Å². The van der Waals surface area contributed by atoms with E-state index in [2.05, 4.69) is 0 Å². The standard InChI is InChI=1S/C19H21N3O6S/c1-14-13-15(3-8-18(14)22(24)25)19(23)20-9-11-21(12-10-20)29(26,27)17-6-4-16(28-2)5-7-17/h3-8,13H,9-12H2,1-2H3. The second-order valence-corrected chi connectivity index (χ2v) is 8.57. The van der Waals surface area contributed by atoms with Gasteiger partial charge in [0, 0.05) is 43.4 Å². The average molecular weight is 419 g/mol. The number of carbonyl (C=O) groups excluding carboxylic acids is 1. The first-order valence-corrected chi connectivity index (χ1v) is 10.4. The summed E-state index contributed by atoms with van der Waals surface area (Å²) in [5, 5.41) is 10.9. The number of benzene rings is 2. The van der Waals surface area contributed by atoms with Gasteiger partial charge in [-0.15, -0.1) is 0 Å². The maximum absolute atomic E-state index is 12.8. The first kappa shape index (κ1) is 20.7. The Bertz CT molecular complexity index is 1030. The van der Waals surface area contributed by atoms with Crippen LogP contribution in [0.3, 0.4) is 0 Å². The lowest BCUT2D eigenvalue weighted by Crippen LogP contribution is -2.50. The van der Waals surface area contributed by atoms with Gasteiger partial charge in [0.25, 0.3) is 11.6 Å². The number of nitro benzene ring substituents is 1. The molecule has 1 aliphatic rings. The van der Waals surface area contributed by atoms with Crippen molar-refractivity contribution in [3.63, 3.8) is 0 Å². The largest absolute Gasteiger partial charge is 0.497 e. The van der Waals surface area contributed by atoms with Gasteiger partial charge < -0.3 is 9.64 Å². The third-order valence-electron chi connectivity index (χ3n) is 4.86. The zero-order valence-electron chi connectivity index (χ0n) is 16.1. The highest BCUT2D eigenvalue weighted by molar-refractivity contribution is 7.89. The Morgan fingerprint density at radius 3 is 2.21 bits per heavy atom. The fourth-order valence-corrected chi connectivity index (χ4v) is 4.63. The zero-order valence-corrected chi connectivity index (χ0v) is 16.9. The fraction of sp³-hybridized carbons (Fsp3) is 0.316. The van der Waals surface area contributed by atoms with E-state index in [0.717, 1.165) is 0 Å². The maximum Gasteiger partial charge on any atom is 0.272 e. The van der Waals surface area contributed by atoms with Gasteiger partial charge >= 0.3 is 0 Å². The molecule has 154 valence electrons. The number of amides is 1. The van der Waals surface area contributed by atoms with Gasteiger partial charge in [-0.1, -0.05) is 0 Å². The summed E-state index contributed by atoms with van der Waals surface area (Å²) in [6, 6.07) is 10.4. The van der Waals surface area contributed by atoms with Crippen molar-refractivity contribution in [3.8, 4) is 5.75 Å². The molecule has 2 aromatic carbocycles. The molecule has 0 bridgehead atoms. The lowest BCUT2D eigenvalue weighted by atomic mass is 10.1. The van der Waals surface area contributed by atoms with Gasteiger partial charge in [-0.3, -0.25) is 14.9 Å². The van der Waals surface area contributed by atoms with E-state index in [1.807, 2.05) is 0 Å². The minimum atomic E-state index is -3.66. The molecular weight excluding hydrogens is 398 g/mol. The molecule has 0 unspecified atom stereocenters. The van der Waals surface area contributed by atoms with E-state index < -0.39 is 14.9 Å². The number of carbonyl (C=O) groups is 1. The Morgan fingerprint density at radius 2 is 1.69 bits per heavy atom. The van der Waals surface area contributed by atoms with Crippen LogP contribution in [-0.4, -0.2) is 61.7 Å². The molecule has 10 heteroatoms. The SMILES string of the molecule is COc1ccc(S(=O)(=O)N2CCN(C(=O)c3ccc([N+](=O)[O-])c(C)c3)CC2)cc1. The van der Waals surface area contributed by atoms with E-state index >= 15 is 0 Å². The van der Waals surface area contributed by atoms with Crippen LogP contribution in [0.2, 0.25) is 0 Å². The van der Waals surface area contributed by atoms with Gasteiger partial charge in [0.15, 0.2) is 0 Å². The highest BCUT2D eigenvalue weighted by atomic mass is 32.2. The maximum atomic E-state index is 12.8. The van der Waals surface area contributed by atoms with E-state index in [1.165, 1.54) is 41.7 Å². The van der Waals surface area contributed by atoms with Crippen LogP contribution in [-0.2, 0) is 10.0 Å². The van der Waals surface area contributed by atoms with Crippen molar-refractivity contribution in [1.29, 1.82) is 0 Å². The summed E-state index contributed by atoms with van der Waals surface area (Å²) in [5.74, 6) is 0.294. The zero-order chi connectivity index (χ0) is 21.2. The second-order valence-electron chi connectivity index (χ2n) is 6.63. The lowest BCUT2D eigenvalue weighted by Gasteiger charge is -2.34. The molecule has 1 heterocycles. The summed E-state index contributed by atoms with van der Waals surface area (Å²) in [5.41, 5.74) is 0.707. The summed E-state index contributed by atoms with van der Waals surface area (Å²) in [7, 11) is -2.15. The monoisotopic (exact) mass is 419 g/mol. The number of aryl methyl sites for hydroxylation is 1. The summed E-state index contributed by atoms with van der Waals surface area (Å²) in [4.78, 5) is 24.9. The number of hydrogen-bond donors (Lipinski definition) is 0. The highest BCUT2D eigenvalue weighted by Gasteiger charge is 2.30. The van der Waals surface area contributed by atoms with Gasteiger partial charge in [0.1, 0.15) is 5.75 Å². The Morgan fingerprint density at radius 1 is 1.07 bits per heavy atom. The predicted molar refractivity (Wildman–Crippen MR) is 105 cm³/mol. The minimum Gasteiger partial charge on any atom is -0.497 e. The average Bonchev–Trinajstić information content (AvgIpc) is 2.73. The molecule has 2 aromatic rings. The molecule has 0 N–H and O–H groups in total. The molecule has 0 spiro atoms. The summed E-state index contributed by atoms with van der Waals surface area (Å²) < 4.78 is 32.0. The van der Waals surface area contributed by atoms with Gasteiger partial charge in [-0.05, 0) is 43.3 Å². The van der Waals surface area contributed by atoms with Gasteiger partial charge in [-0.2, -0.15) is 4.31 Å². The number of hydrogen-bond acceptors (Lipinski definition) is 6. The molecule has 0 aromatic heterocycles. The molecule has 0 aliphatic carbocycles. The van der Waals surface area contributed by atoms with Crippen LogP contribution in [0.25, 0.3) is 0 Å². The molecule has 1 fully saturated rings. The van der Waals surface area contributed by atoms with Crippen LogP contribution in [0.4, 0.5) is 5.69 Å². The molecule has 1 aliphatic heterocycles. The minimum absolute atomic E-state index is 0.0445. The molecule has 0 radical (unpaired) electrons. The first-order chi connectivity index (χ1) is 13.7. The lowest BCUT2D eigenvalue weighted by molar-refractivity contribution is -0.385. The molecule has 3 rings (SSSR count). The van der Waals surface area contributed by atoms with E-state index in [1.54, 1.807) is 24.0 Å². The first-order valence-electron chi connectivity index (χ1n) is 8.92. The molecule has 9 nitrogen and oxygen atoms in total. The van der Waals surface area contributed by atoms with Crippen LogP contribution in [0.1, 0.15) is 15.9 Å². The van der Waals surface area contributed by atoms with Crippen LogP contribution >= 0.6 is 0 Å². The van der Waals surface area contributed by atoms with Crippen LogP contribution in [0.15, 0.2) is 47.4 Å². The number of nitro groups is 1. The number of sulfonamides is 1. The van der Waals surface area contributed by atoms with E-state index in [4.69, 9.17) is 4.74 Å². The van der Waals surface area contributed by atoms with E-state index in [0.29, 0.717) is 16.9 Å². The molecule has 29 heavy (non-hydrogen) atoms. The third kappa shape index (κ3) is 4.22. The van der Waals surface area contributed by atoms with Crippen LogP contribution in [0, 0.1) is 17.0 Å². The summed E-state index contributed by atoms with van der Waals surface area (Å²) >= 11 is 0. The molecule has 1 amide bonds. The van der Waals surface area contributed by atoms with Gasteiger partial charge in [0.05, 0.1) is 16.9 Å². The third-order valence-corrected chi connectivity index (χ3v) is 6.78. The molecule has 0 atom stereocenters. The number of rotatable bonds is 5. The van der Waals surface area contributed by atoms with Crippen molar-refractivity contribution in [1.82, 2.24) is 9.21 Å². The fourth-order valence-electron chi connectivity index (χ4n) is 3.20. The van der Waals surface area contributed by atoms with Crippen molar-refractivity contribution in [2.75, 3.05) is 33.3 Å². The van der Waals surface area contributed by atoms with Crippen LogP contribution in [0.5, 0.6) is 5.75 Å². The van der Waals surface area contributed by atoms with Crippen molar-refractivity contribution in [2.24, 2.45) is 0 Å². The summed E-state index contributed by atoms with van der Waals surface area (Å²) in [6.07, 6.45) is 0. The summed E-state index contributed by atoms with van der Waals surface area (Å²) in [6.45, 7) is 2.40. The Labute approximate surface area is 168 Å². The van der Waals surface area contributed by atoms with Crippen molar-refractivity contribution in [3.05, 3.63) is 63.7 Å². The number of piperazine rings is 1. The molecular formula is C19H21N3O6S. The number of ether oxygens (including phenoxy) is 1. The predicted octanol–water partition coefficient (Wildman–Crippen LogP) is 2.06. The van der Waals surface area contributed by atoms with Crippen molar-refractivity contribution < 1.29 is 22.9 Å². The second kappa shape index (κ2) is 8.18. The normalized spacial score (nSPS) is 15.2. The molecule has 1 saturated heterocycles. The number of methoxy groups -OCH3 is 1. The quantitative estimate of drug-likeness (QED) is 0.542. The van der Waals surface area contributed by atoms with Gasteiger partial charge in [0.2, 0.25) is 10.0 Å². The van der Waals surface area contributed by atoms with E-state index in [9.17, 15) is 23.3 Å². The van der Waals surface area contributed by atoms with E-state index in [-0.39, 0.29) is 42.7 Å². The Kier molecular flexibility index (Phi) is 5.85. The topological polar surface area (TPSA) is 110 Å². The van der Waals surface area contributed by atoms with Gasteiger partial charge in [-0.25, -0.2) is 8.42 Å². The number of nitrogens with zero attached hydrogens (tertiary/aromatic N) is 3. The smallest absolute Gasteiger partial charge is 0.272 e. The highest BCUT2D eigenvalue weighted by Crippen LogP contribution is 2.23.